The minimum atomic E-state index is -0.111. The molecule has 0 spiro atoms. The van der Waals surface area contributed by atoms with Crippen LogP contribution in [0.2, 0.25) is 0 Å². The lowest BCUT2D eigenvalue weighted by molar-refractivity contribution is -0.134. The number of hydroxylamine groups is 1. The van der Waals surface area contributed by atoms with Gasteiger partial charge < -0.3 is 15.2 Å². The van der Waals surface area contributed by atoms with Crippen LogP contribution in [0.4, 0.5) is 0 Å². The summed E-state index contributed by atoms with van der Waals surface area (Å²) in [6.45, 7) is 0.949. The van der Waals surface area contributed by atoms with Crippen LogP contribution in [0.15, 0.2) is 18.2 Å². The molecule has 3 N–H and O–H groups in total. The standard InChI is InChI=1S/C16H26N2O4/c1-20-14-9-8-13(15(11-14)21-2)12-22-18-16(19)7-5-3-4-6-10-17/h8-9,11H,3-7,10,12,17H2,1-2H3,(H,18,19). The van der Waals surface area contributed by atoms with Gasteiger partial charge in [-0.3, -0.25) is 9.63 Å². The maximum absolute atomic E-state index is 11.6. The zero-order chi connectivity index (χ0) is 16.2. The highest BCUT2D eigenvalue weighted by Crippen LogP contribution is 2.24. The fraction of sp³-hybridized carbons (Fsp3) is 0.562. The molecule has 0 bridgehead atoms. The smallest absolute Gasteiger partial charge is 0.243 e. The zero-order valence-corrected chi connectivity index (χ0v) is 13.4. The van der Waals surface area contributed by atoms with Crippen molar-refractivity contribution in [2.75, 3.05) is 20.8 Å². The molecule has 1 aromatic rings. The van der Waals surface area contributed by atoms with Crippen molar-refractivity contribution in [3.63, 3.8) is 0 Å². The van der Waals surface area contributed by atoms with E-state index < -0.39 is 0 Å². The van der Waals surface area contributed by atoms with Crippen molar-refractivity contribution >= 4 is 5.91 Å². The Balaban J connectivity index is 2.27. The number of rotatable bonds is 11. The average molecular weight is 310 g/mol. The highest BCUT2D eigenvalue weighted by atomic mass is 16.7. The Morgan fingerprint density at radius 1 is 1.14 bits per heavy atom. The van der Waals surface area contributed by atoms with Gasteiger partial charge in [0.05, 0.1) is 14.2 Å². The van der Waals surface area contributed by atoms with Crippen LogP contribution in [0.25, 0.3) is 0 Å². The van der Waals surface area contributed by atoms with E-state index in [-0.39, 0.29) is 12.5 Å². The third kappa shape index (κ3) is 6.78. The molecule has 0 aliphatic rings. The number of hydrogen-bond donors (Lipinski definition) is 2. The Morgan fingerprint density at radius 2 is 1.91 bits per heavy atom. The van der Waals surface area contributed by atoms with Crippen LogP contribution in [0.5, 0.6) is 11.5 Å². The Morgan fingerprint density at radius 3 is 2.59 bits per heavy atom. The molecular formula is C16H26N2O4. The maximum atomic E-state index is 11.6. The second-order valence-corrected chi connectivity index (χ2v) is 4.94. The molecule has 0 fully saturated rings. The Labute approximate surface area is 131 Å². The molecule has 0 radical (unpaired) electrons. The third-order valence-corrected chi connectivity index (χ3v) is 3.27. The number of carbonyl (C=O) groups excluding carboxylic acids is 1. The fourth-order valence-electron chi connectivity index (χ4n) is 2.00. The van der Waals surface area contributed by atoms with Crippen molar-refractivity contribution in [2.45, 2.75) is 38.7 Å². The van der Waals surface area contributed by atoms with Gasteiger partial charge in [0.2, 0.25) is 5.91 Å². The molecule has 0 aromatic heterocycles. The van der Waals surface area contributed by atoms with Crippen LogP contribution in [0.1, 0.15) is 37.7 Å². The van der Waals surface area contributed by atoms with Gasteiger partial charge in [0.15, 0.2) is 0 Å². The van der Waals surface area contributed by atoms with E-state index in [2.05, 4.69) is 5.48 Å². The highest BCUT2D eigenvalue weighted by Gasteiger charge is 2.07. The van der Waals surface area contributed by atoms with Crippen LogP contribution in [0, 0.1) is 0 Å². The molecule has 0 aliphatic carbocycles. The van der Waals surface area contributed by atoms with Gasteiger partial charge in [0.1, 0.15) is 18.1 Å². The first-order valence-electron chi connectivity index (χ1n) is 7.53. The van der Waals surface area contributed by atoms with Gasteiger partial charge in [-0.2, -0.15) is 0 Å². The minimum Gasteiger partial charge on any atom is -0.497 e. The molecule has 0 saturated heterocycles. The molecule has 6 nitrogen and oxygen atoms in total. The van der Waals surface area contributed by atoms with E-state index in [0.717, 1.165) is 31.2 Å². The summed E-state index contributed by atoms with van der Waals surface area (Å²) in [4.78, 5) is 16.8. The highest BCUT2D eigenvalue weighted by molar-refractivity contribution is 5.74. The molecule has 1 amide bonds. The predicted octanol–water partition coefficient (Wildman–Crippen LogP) is 2.16. The van der Waals surface area contributed by atoms with Crippen LogP contribution in [-0.4, -0.2) is 26.7 Å². The van der Waals surface area contributed by atoms with Crippen molar-refractivity contribution in [1.82, 2.24) is 5.48 Å². The van der Waals surface area contributed by atoms with E-state index in [0.29, 0.717) is 24.5 Å². The van der Waals surface area contributed by atoms with Gasteiger partial charge in [-0.1, -0.05) is 12.8 Å². The molecular weight excluding hydrogens is 284 g/mol. The van der Waals surface area contributed by atoms with Crippen LogP contribution in [0.3, 0.4) is 0 Å². The molecule has 124 valence electrons. The van der Waals surface area contributed by atoms with Gasteiger partial charge in [0, 0.05) is 18.1 Å². The van der Waals surface area contributed by atoms with Crippen molar-refractivity contribution in [1.29, 1.82) is 0 Å². The minimum absolute atomic E-state index is 0.111. The van der Waals surface area contributed by atoms with E-state index in [1.165, 1.54) is 0 Å². The van der Waals surface area contributed by atoms with E-state index in [1.807, 2.05) is 12.1 Å². The molecule has 6 heteroatoms. The van der Waals surface area contributed by atoms with Crippen molar-refractivity contribution < 1.29 is 19.1 Å². The zero-order valence-electron chi connectivity index (χ0n) is 13.4. The molecule has 1 aromatic carbocycles. The Bertz CT molecular complexity index is 452. The largest absolute Gasteiger partial charge is 0.497 e. The Kier molecular flexibility index (Phi) is 9.02. The van der Waals surface area contributed by atoms with E-state index in [9.17, 15) is 4.79 Å². The predicted molar refractivity (Wildman–Crippen MR) is 84.6 cm³/mol. The summed E-state index contributed by atoms with van der Waals surface area (Å²) in [5.74, 6) is 1.26. The first-order chi connectivity index (χ1) is 10.7. The topological polar surface area (TPSA) is 82.8 Å². The van der Waals surface area contributed by atoms with Crippen LogP contribution < -0.4 is 20.7 Å². The van der Waals surface area contributed by atoms with Crippen LogP contribution in [-0.2, 0) is 16.2 Å². The molecule has 0 aliphatic heterocycles. The summed E-state index contributed by atoms with van der Waals surface area (Å²) >= 11 is 0. The van der Waals surface area contributed by atoms with E-state index >= 15 is 0 Å². The molecule has 0 saturated carbocycles. The van der Waals surface area contributed by atoms with Crippen molar-refractivity contribution in [2.24, 2.45) is 5.73 Å². The second-order valence-electron chi connectivity index (χ2n) is 4.94. The Hall–Kier alpha value is -1.79. The van der Waals surface area contributed by atoms with Gasteiger partial charge >= 0.3 is 0 Å². The maximum Gasteiger partial charge on any atom is 0.243 e. The normalized spacial score (nSPS) is 10.3. The lowest BCUT2D eigenvalue weighted by Crippen LogP contribution is -2.23. The van der Waals surface area contributed by atoms with E-state index in [1.54, 1.807) is 20.3 Å². The van der Waals surface area contributed by atoms with Crippen molar-refractivity contribution in [3.05, 3.63) is 23.8 Å². The second kappa shape index (κ2) is 10.9. The molecule has 1 rings (SSSR count). The summed E-state index contributed by atoms with van der Waals surface area (Å²) in [7, 11) is 3.18. The molecule has 0 heterocycles. The summed E-state index contributed by atoms with van der Waals surface area (Å²) < 4.78 is 10.4. The molecule has 0 atom stereocenters. The van der Waals surface area contributed by atoms with Gasteiger partial charge in [0.25, 0.3) is 0 Å². The summed E-state index contributed by atoms with van der Waals surface area (Å²) in [5, 5.41) is 0. The SMILES string of the molecule is COc1ccc(CONC(=O)CCCCCCN)c(OC)c1. The number of amides is 1. The third-order valence-electron chi connectivity index (χ3n) is 3.27. The molecule has 22 heavy (non-hydrogen) atoms. The monoisotopic (exact) mass is 310 g/mol. The van der Waals surface area contributed by atoms with Gasteiger partial charge in [-0.15, -0.1) is 0 Å². The van der Waals surface area contributed by atoms with Gasteiger partial charge in [-0.05, 0) is 31.5 Å². The first-order valence-corrected chi connectivity index (χ1v) is 7.53. The number of hydrogen-bond acceptors (Lipinski definition) is 5. The quantitative estimate of drug-likeness (QED) is 0.483. The van der Waals surface area contributed by atoms with Crippen molar-refractivity contribution in [3.8, 4) is 11.5 Å². The average Bonchev–Trinajstić information content (AvgIpc) is 2.54. The van der Waals surface area contributed by atoms with Gasteiger partial charge in [-0.25, -0.2) is 5.48 Å². The molecule has 0 unspecified atom stereocenters. The lowest BCUT2D eigenvalue weighted by atomic mass is 10.1. The summed E-state index contributed by atoms with van der Waals surface area (Å²) in [6, 6.07) is 5.44. The number of ether oxygens (including phenoxy) is 2. The number of carbonyl (C=O) groups is 1. The van der Waals surface area contributed by atoms with E-state index in [4.69, 9.17) is 20.0 Å². The lowest BCUT2D eigenvalue weighted by Gasteiger charge is -2.11. The summed E-state index contributed by atoms with van der Waals surface area (Å²) in [5.41, 5.74) is 8.71. The number of unbranched alkanes of at least 4 members (excludes halogenated alkanes) is 3. The number of nitrogens with two attached hydrogens (primary N) is 1. The fourth-order valence-corrected chi connectivity index (χ4v) is 2.00. The number of benzene rings is 1. The first kappa shape index (κ1) is 18.3. The number of nitrogens with one attached hydrogen (secondary N) is 1. The summed E-state index contributed by atoms with van der Waals surface area (Å²) in [6.07, 6.45) is 4.39. The van der Waals surface area contributed by atoms with Crippen LogP contribution >= 0.6 is 0 Å². The number of methoxy groups -OCH3 is 2.